The molecule has 0 heterocycles. The molecule has 1 aliphatic rings. The molecule has 0 saturated heterocycles. The number of hydrogen-bond acceptors (Lipinski definition) is 2. The quantitative estimate of drug-likeness (QED) is 0.811. The fraction of sp³-hybridized carbons (Fsp3) is 0.467. The van der Waals surface area contributed by atoms with Crippen molar-refractivity contribution in [2.24, 2.45) is 5.73 Å². The van der Waals surface area contributed by atoms with Gasteiger partial charge in [0, 0.05) is 18.2 Å². The van der Waals surface area contributed by atoms with Crippen LogP contribution in [0.2, 0.25) is 0 Å². The molecule has 102 valence electrons. The van der Waals surface area contributed by atoms with Gasteiger partial charge in [0.25, 0.3) is 0 Å². The minimum Gasteiger partial charge on any atom is -0.389 e. The number of amides is 1. The van der Waals surface area contributed by atoms with Crippen molar-refractivity contribution < 1.29 is 4.79 Å². The molecule has 0 atom stereocenters. The molecule has 2 N–H and O–H groups in total. The maximum Gasteiger partial charge on any atom is 0.227 e. The van der Waals surface area contributed by atoms with E-state index in [9.17, 15) is 4.79 Å². The molecule has 1 aliphatic carbocycles. The number of thiocarbonyl (C=S) groups is 1. The fourth-order valence-corrected chi connectivity index (χ4v) is 2.34. The summed E-state index contributed by atoms with van der Waals surface area (Å²) in [5.74, 6) is 0.229. The SMILES string of the molecule is CCCN(C(=O)Cc1ccc(C(N)=S)cc1)C1CC1. The molecule has 0 aromatic heterocycles. The molecule has 4 heteroatoms. The minimum absolute atomic E-state index is 0.229. The van der Waals surface area contributed by atoms with Gasteiger partial charge < -0.3 is 10.6 Å². The highest BCUT2D eigenvalue weighted by atomic mass is 32.1. The van der Waals surface area contributed by atoms with Crippen molar-refractivity contribution in [3.63, 3.8) is 0 Å². The summed E-state index contributed by atoms with van der Waals surface area (Å²) in [5.41, 5.74) is 7.42. The fourth-order valence-electron chi connectivity index (χ4n) is 2.20. The summed E-state index contributed by atoms with van der Waals surface area (Å²) >= 11 is 4.91. The van der Waals surface area contributed by atoms with Crippen molar-refractivity contribution in [2.45, 2.75) is 38.6 Å². The predicted octanol–water partition coefficient (Wildman–Crippen LogP) is 2.26. The van der Waals surface area contributed by atoms with Crippen molar-refractivity contribution in [1.29, 1.82) is 0 Å². The molecule has 0 radical (unpaired) electrons. The van der Waals surface area contributed by atoms with Gasteiger partial charge in [-0.15, -0.1) is 0 Å². The van der Waals surface area contributed by atoms with Crippen LogP contribution in [0.4, 0.5) is 0 Å². The molecule has 0 unspecified atom stereocenters. The molecule has 2 rings (SSSR count). The topological polar surface area (TPSA) is 46.3 Å². The summed E-state index contributed by atoms with van der Waals surface area (Å²) in [7, 11) is 0. The second-order valence-corrected chi connectivity index (χ2v) is 5.50. The smallest absolute Gasteiger partial charge is 0.227 e. The lowest BCUT2D eigenvalue weighted by atomic mass is 10.1. The van der Waals surface area contributed by atoms with Crippen molar-refractivity contribution in [3.05, 3.63) is 35.4 Å². The molecule has 3 nitrogen and oxygen atoms in total. The zero-order chi connectivity index (χ0) is 13.8. The van der Waals surface area contributed by atoms with Gasteiger partial charge in [-0.1, -0.05) is 43.4 Å². The first kappa shape index (κ1) is 14.0. The average Bonchev–Trinajstić information content (AvgIpc) is 3.20. The van der Waals surface area contributed by atoms with E-state index in [1.54, 1.807) is 0 Å². The van der Waals surface area contributed by atoms with E-state index in [1.165, 1.54) is 0 Å². The van der Waals surface area contributed by atoms with E-state index in [0.717, 1.165) is 36.9 Å². The first-order valence-corrected chi connectivity index (χ1v) is 7.21. The van der Waals surface area contributed by atoms with Crippen LogP contribution in [-0.2, 0) is 11.2 Å². The highest BCUT2D eigenvalue weighted by molar-refractivity contribution is 7.80. The predicted molar refractivity (Wildman–Crippen MR) is 81.1 cm³/mol. The van der Waals surface area contributed by atoms with Crippen LogP contribution in [0.1, 0.15) is 37.3 Å². The van der Waals surface area contributed by atoms with E-state index in [0.29, 0.717) is 17.5 Å². The maximum atomic E-state index is 12.3. The number of nitrogens with two attached hydrogens (primary N) is 1. The van der Waals surface area contributed by atoms with Crippen molar-refractivity contribution in [2.75, 3.05) is 6.54 Å². The first-order chi connectivity index (χ1) is 9.11. The third-order valence-electron chi connectivity index (χ3n) is 3.37. The Labute approximate surface area is 119 Å². The van der Waals surface area contributed by atoms with Crippen LogP contribution in [0.15, 0.2) is 24.3 Å². The van der Waals surface area contributed by atoms with E-state index in [2.05, 4.69) is 6.92 Å². The number of hydrogen-bond donors (Lipinski definition) is 1. The number of rotatable bonds is 6. The summed E-state index contributed by atoms with van der Waals surface area (Å²) in [6.07, 6.45) is 3.80. The van der Waals surface area contributed by atoms with Crippen LogP contribution in [0, 0.1) is 0 Å². The van der Waals surface area contributed by atoms with Crippen LogP contribution < -0.4 is 5.73 Å². The second kappa shape index (κ2) is 6.15. The van der Waals surface area contributed by atoms with Gasteiger partial charge in [-0.25, -0.2) is 0 Å². The summed E-state index contributed by atoms with van der Waals surface area (Å²) in [6.45, 7) is 2.98. The summed E-state index contributed by atoms with van der Waals surface area (Å²) in [5, 5.41) is 0. The Kier molecular flexibility index (Phi) is 4.53. The lowest BCUT2D eigenvalue weighted by Gasteiger charge is -2.21. The molecule has 1 saturated carbocycles. The standard InChI is InChI=1S/C15H20N2OS/c1-2-9-17(13-7-8-13)14(18)10-11-3-5-12(6-4-11)15(16)19/h3-6,13H,2,7-10H2,1H3,(H2,16,19). The van der Waals surface area contributed by atoms with E-state index in [4.69, 9.17) is 18.0 Å². The van der Waals surface area contributed by atoms with Crippen molar-refractivity contribution in [3.8, 4) is 0 Å². The molecule has 0 bridgehead atoms. The highest BCUT2D eigenvalue weighted by Crippen LogP contribution is 2.27. The van der Waals surface area contributed by atoms with Gasteiger partial charge in [0.2, 0.25) is 5.91 Å². The molecule has 1 aromatic carbocycles. The number of nitrogens with zero attached hydrogens (tertiary/aromatic N) is 1. The van der Waals surface area contributed by atoms with Crippen molar-refractivity contribution in [1.82, 2.24) is 4.90 Å². The Hall–Kier alpha value is -1.42. The molecule has 1 amide bonds. The molecule has 0 spiro atoms. The first-order valence-electron chi connectivity index (χ1n) is 6.80. The Morgan fingerprint density at radius 1 is 1.37 bits per heavy atom. The lowest BCUT2D eigenvalue weighted by Crippen LogP contribution is -2.34. The van der Waals surface area contributed by atoms with Gasteiger partial charge in [-0.05, 0) is 24.8 Å². The molecule has 1 aromatic rings. The van der Waals surface area contributed by atoms with E-state index >= 15 is 0 Å². The normalized spacial score (nSPS) is 14.2. The average molecular weight is 276 g/mol. The van der Waals surface area contributed by atoms with Gasteiger partial charge in [-0.3, -0.25) is 4.79 Å². The second-order valence-electron chi connectivity index (χ2n) is 5.06. The maximum absolute atomic E-state index is 12.3. The van der Waals surface area contributed by atoms with Gasteiger partial charge in [0.05, 0.1) is 6.42 Å². The zero-order valence-corrected chi connectivity index (χ0v) is 12.1. The Morgan fingerprint density at radius 3 is 2.47 bits per heavy atom. The largest absolute Gasteiger partial charge is 0.389 e. The number of benzene rings is 1. The third kappa shape index (κ3) is 3.77. The molecular formula is C15H20N2OS. The Morgan fingerprint density at radius 2 is 2.00 bits per heavy atom. The molecular weight excluding hydrogens is 256 g/mol. The van der Waals surface area contributed by atoms with E-state index in [1.807, 2.05) is 29.2 Å². The zero-order valence-electron chi connectivity index (χ0n) is 11.3. The van der Waals surface area contributed by atoms with Crippen LogP contribution >= 0.6 is 12.2 Å². The monoisotopic (exact) mass is 276 g/mol. The van der Waals surface area contributed by atoms with Gasteiger partial charge >= 0.3 is 0 Å². The van der Waals surface area contributed by atoms with E-state index < -0.39 is 0 Å². The summed E-state index contributed by atoms with van der Waals surface area (Å²) in [6, 6.07) is 8.12. The van der Waals surface area contributed by atoms with Crippen molar-refractivity contribution >= 4 is 23.1 Å². The van der Waals surface area contributed by atoms with E-state index in [-0.39, 0.29) is 5.91 Å². The molecule has 19 heavy (non-hydrogen) atoms. The van der Waals surface area contributed by atoms with Crippen LogP contribution in [0.25, 0.3) is 0 Å². The van der Waals surface area contributed by atoms with Gasteiger partial charge in [-0.2, -0.15) is 0 Å². The lowest BCUT2D eigenvalue weighted by molar-refractivity contribution is -0.131. The van der Waals surface area contributed by atoms with Crippen LogP contribution in [-0.4, -0.2) is 28.4 Å². The highest BCUT2D eigenvalue weighted by Gasteiger charge is 2.31. The van der Waals surface area contributed by atoms with Gasteiger partial charge in [0.1, 0.15) is 4.99 Å². The van der Waals surface area contributed by atoms with Crippen LogP contribution in [0.3, 0.4) is 0 Å². The third-order valence-corrected chi connectivity index (χ3v) is 3.60. The molecule has 1 fully saturated rings. The van der Waals surface area contributed by atoms with Gasteiger partial charge in [0.15, 0.2) is 0 Å². The summed E-state index contributed by atoms with van der Waals surface area (Å²) in [4.78, 5) is 14.7. The summed E-state index contributed by atoms with van der Waals surface area (Å²) < 4.78 is 0. The Bertz CT molecular complexity index is 466. The number of carbonyl (C=O) groups is 1. The minimum atomic E-state index is 0.229. The van der Waals surface area contributed by atoms with Crippen LogP contribution in [0.5, 0.6) is 0 Å². The molecule has 0 aliphatic heterocycles. The Balaban J connectivity index is 1.99. The number of carbonyl (C=O) groups excluding carboxylic acids is 1.